The van der Waals surface area contributed by atoms with Crippen LogP contribution in [0.4, 0.5) is 0 Å². The van der Waals surface area contributed by atoms with E-state index in [9.17, 15) is 9.90 Å². The van der Waals surface area contributed by atoms with Gasteiger partial charge in [-0.3, -0.25) is 9.69 Å². The topological polar surface area (TPSA) is 53.0 Å². The number of piperidine rings is 1. The maximum Gasteiger partial charge on any atom is 0.236 e. The molecule has 2 aliphatic heterocycles. The van der Waals surface area contributed by atoms with E-state index in [1.165, 1.54) is 0 Å². The lowest BCUT2D eigenvalue weighted by molar-refractivity contribution is -0.144. The summed E-state index contributed by atoms with van der Waals surface area (Å²) in [5, 5.41) is 10.6. The number of likely N-dealkylation sites (tertiary alicyclic amines) is 1. The molecule has 25 heavy (non-hydrogen) atoms. The van der Waals surface area contributed by atoms with Crippen molar-refractivity contribution in [3.05, 3.63) is 35.9 Å². The molecule has 3 unspecified atom stereocenters. The summed E-state index contributed by atoms with van der Waals surface area (Å²) in [4.78, 5) is 16.7. The third-order valence-corrected chi connectivity index (χ3v) is 5.35. The van der Waals surface area contributed by atoms with Crippen molar-refractivity contribution in [1.82, 2.24) is 9.80 Å². The SMILES string of the molecule is CC1CN(C(=O)CN2CCC(C(O)c3ccccc3)CC2)CC(C)O1. The fourth-order valence-electron chi connectivity index (χ4n) is 4.02. The van der Waals surface area contributed by atoms with Crippen LogP contribution in [0.25, 0.3) is 0 Å². The Kier molecular flexibility index (Phi) is 6.10. The molecule has 1 amide bonds. The number of hydrogen-bond acceptors (Lipinski definition) is 4. The highest BCUT2D eigenvalue weighted by Crippen LogP contribution is 2.30. The summed E-state index contributed by atoms with van der Waals surface area (Å²) in [5.74, 6) is 0.473. The average Bonchev–Trinajstić information content (AvgIpc) is 2.61. The van der Waals surface area contributed by atoms with Gasteiger partial charge in [-0.2, -0.15) is 0 Å². The van der Waals surface area contributed by atoms with Gasteiger partial charge in [0.25, 0.3) is 0 Å². The van der Waals surface area contributed by atoms with Crippen LogP contribution in [-0.2, 0) is 9.53 Å². The highest BCUT2D eigenvalue weighted by molar-refractivity contribution is 5.78. The summed E-state index contributed by atoms with van der Waals surface area (Å²) in [6.45, 7) is 7.64. The molecule has 5 nitrogen and oxygen atoms in total. The quantitative estimate of drug-likeness (QED) is 0.907. The normalized spacial score (nSPS) is 27.2. The van der Waals surface area contributed by atoms with Crippen LogP contribution in [0.15, 0.2) is 30.3 Å². The number of hydrogen-bond donors (Lipinski definition) is 1. The van der Waals surface area contributed by atoms with Crippen LogP contribution in [0, 0.1) is 5.92 Å². The summed E-state index contributed by atoms with van der Waals surface area (Å²) < 4.78 is 5.70. The molecule has 1 aromatic rings. The van der Waals surface area contributed by atoms with Crippen molar-refractivity contribution in [3.8, 4) is 0 Å². The number of carbonyl (C=O) groups is 1. The van der Waals surface area contributed by atoms with Gasteiger partial charge in [0, 0.05) is 13.1 Å². The van der Waals surface area contributed by atoms with E-state index in [1.807, 2.05) is 49.1 Å². The molecule has 2 aliphatic rings. The standard InChI is InChI=1S/C20H30N2O3/c1-15-12-22(13-16(2)25-15)19(23)14-21-10-8-18(9-11-21)20(24)17-6-4-3-5-7-17/h3-7,15-16,18,20,24H,8-14H2,1-2H3. The van der Waals surface area contributed by atoms with E-state index in [1.54, 1.807) is 0 Å². The van der Waals surface area contributed by atoms with Crippen LogP contribution in [-0.4, -0.2) is 65.7 Å². The minimum absolute atomic E-state index is 0.111. The molecule has 0 aliphatic carbocycles. The number of rotatable bonds is 4. The van der Waals surface area contributed by atoms with Gasteiger partial charge in [-0.1, -0.05) is 30.3 Å². The monoisotopic (exact) mass is 346 g/mol. The Labute approximate surface area is 150 Å². The number of morpholine rings is 1. The van der Waals surface area contributed by atoms with Gasteiger partial charge in [0.15, 0.2) is 0 Å². The first-order chi connectivity index (χ1) is 12.0. The van der Waals surface area contributed by atoms with Crippen molar-refractivity contribution in [1.29, 1.82) is 0 Å². The maximum absolute atomic E-state index is 12.6. The lowest BCUT2D eigenvalue weighted by Gasteiger charge is -2.38. The van der Waals surface area contributed by atoms with Crippen molar-refractivity contribution in [3.63, 3.8) is 0 Å². The van der Waals surface area contributed by atoms with Gasteiger partial charge in [0.2, 0.25) is 5.91 Å². The molecule has 1 aromatic carbocycles. The predicted octanol–water partition coefficient (Wildman–Crippen LogP) is 2.07. The van der Waals surface area contributed by atoms with E-state index < -0.39 is 6.10 Å². The third kappa shape index (κ3) is 4.81. The minimum atomic E-state index is -0.403. The van der Waals surface area contributed by atoms with E-state index in [4.69, 9.17) is 4.74 Å². The van der Waals surface area contributed by atoms with Gasteiger partial charge in [-0.25, -0.2) is 0 Å². The van der Waals surface area contributed by atoms with Crippen LogP contribution in [0.5, 0.6) is 0 Å². The molecule has 138 valence electrons. The van der Waals surface area contributed by atoms with Crippen LogP contribution in [0.1, 0.15) is 38.4 Å². The molecular formula is C20H30N2O3. The Balaban J connectivity index is 1.47. The van der Waals surface area contributed by atoms with Gasteiger partial charge in [0.1, 0.15) is 0 Å². The van der Waals surface area contributed by atoms with Gasteiger partial charge >= 0.3 is 0 Å². The maximum atomic E-state index is 12.6. The van der Waals surface area contributed by atoms with Crippen LogP contribution >= 0.6 is 0 Å². The lowest BCUT2D eigenvalue weighted by atomic mass is 9.87. The zero-order valence-corrected chi connectivity index (χ0v) is 15.3. The second kappa shape index (κ2) is 8.30. The van der Waals surface area contributed by atoms with E-state index in [0.29, 0.717) is 19.6 Å². The third-order valence-electron chi connectivity index (χ3n) is 5.35. The molecule has 3 atom stereocenters. The van der Waals surface area contributed by atoms with Crippen LogP contribution < -0.4 is 0 Å². The molecule has 0 bridgehead atoms. The highest BCUT2D eigenvalue weighted by atomic mass is 16.5. The number of amides is 1. The molecule has 2 fully saturated rings. The molecule has 2 saturated heterocycles. The summed E-state index contributed by atoms with van der Waals surface area (Å²) in [6, 6.07) is 9.88. The largest absolute Gasteiger partial charge is 0.388 e. The zero-order chi connectivity index (χ0) is 17.8. The van der Waals surface area contributed by atoms with Crippen molar-refractivity contribution in [2.45, 2.75) is 45.0 Å². The minimum Gasteiger partial charge on any atom is -0.388 e. The number of carbonyl (C=O) groups excluding carboxylic acids is 1. The van der Waals surface area contributed by atoms with E-state index in [0.717, 1.165) is 31.5 Å². The Bertz CT molecular complexity index is 547. The molecule has 1 N–H and O–H groups in total. The number of aliphatic hydroxyl groups is 1. The first-order valence-electron chi connectivity index (χ1n) is 9.41. The lowest BCUT2D eigenvalue weighted by Crippen LogP contribution is -2.51. The van der Waals surface area contributed by atoms with Gasteiger partial charge in [-0.05, 0) is 51.3 Å². The molecule has 0 radical (unpaired) electrons. The highest BCUT2D eigenvalue weighted by Gasteiger charge is 2.30. The average molecular weight is 346 g/mol. The zero-order valence-electron chi connectivity index (χ0n) is 15.3. The molecule has 0 saturated carbocycles. The summed E-state index contributed by atoms with van der Waals surface area (Å²) in [6.07, 6.45) is 1.68. The summed E-state index contributed by atoms with van der Waals surface area (Å²) >= 11 is 0. The Morgan fingerprint density at radius 2 is 1.76 bits per heavy atom. The first-order valence-corrected chi connectivity index (χ1v) is 9.41. The molecule has 3 rings (SSSR count). The molecule has 2 heterocycles. The van der Waals surface area contributed by atoms with E-state index >= 15 is 0 Å². The van der Waals surface area contributed by atoms with Crippen molar-refractivity contribution < 1.29 is 14.6 Å². The number of ether oxygens (including phenoxy) is 1. The van der Waals surface area contributed by atoms with E-state index in [-0.39, 0.29) is 24.0 Å². The number of benzene rings is 1. The molecule has 0 aromatic heterocycles. The number of nitrogens with zero attached hydrogens (tertiary/aromatic N) is 2. The first kappa shape index (κ1) is 18.4. The Morgan fingerprint density at radius 3 is 2.36 bits per heavy atom. The predicted molar refractivity (Wildman–Crippen MR) is 97.2 cm³/mol. The van der Waals surface area contributed by atoms with E-state index in [2.05, 4.69) is 4.90 Å². The van der Waals surface area contributed by atoms with Crippen molar-refractivity contribution >= 4 is 5.91 Å². The van der Waals surface area contributed by atoms with Gasteiger partial charge in [0.05, 0.1) is 24.9 Å². The van der Waals surface area contributed by atoms with Crippen molar-refractivity contribution in [2.24, 2.45) is 5.92 Å². The summed E-state index contributed by atoms with van der Waals surface area (Å²) in [7, 11) is 0. The Morgan fingerprint density at radius 1 is 1.16 bits per heavy atom. The van der Waals surface area contributed by atoms with Gasteiger partial charge in [-0.15, -0.1) is 0 Å². The fourth-order valence-corrected chi connectivity index (χ4v) is 4.02. The second-order valence-electron chi connectivity index (χ2n) is 7.53. The van der Waals surface area contributed by atoms with Crippen LogP contribution in [0.3, 0.4) is 0 Å². The molecule has 5 heteroatoms. The summed E-state index contributed by atoms with van der Waals surface area (Å²) in [5.41, 5.74) is 0.994. The molecule has 0 spiro atoms. The van der Waals surface area contributed by atoms with Crippen molar-refractivity contribution in [2.75, 3.05) is 32.7 Å². The second-order valence-corrected chi connectivity index (χ2v) is 7.53. The smallest absolute Gasteiger partial charge is 0.236 e. The fraction of sp³-hybridized carbons (Fsp3) is 0.650. The van der Waals surface area contributed by atoms with Gasteiger partial charge < -0.3 is 14.7 Å². The molecular weight excluding hydrogens is 316 g/mol. The number of aliphatic hydroxyl groups excluding tert-OH is 1. The Hall–Kier alpha value is -1.43. The van der Waals surface area contributed by atoms with Crippen LogP contribution in [0.2, 0.25) is 0 Å².